The van der Waals surface area contributed by atoms with Crippen LogP contribution in [0.25, 0.3) is 0 Å². The zero-order chi connectivity index (χ0) is 18.7. The maximum Gasteiger partial charge on any atom is 0.336 e. The van der Waals surface area contributed by atoms with Crippen molar-refractivity contribution in [3.8, 4) is 5.75 Å². The average Bonchev–Trinajstić information content (AvgIpc) is 3.29. The van der Waals surface area contributed by atoms with E-state index in [1.165, 1.54) is 29.5 Å². The Bertz CT molecular complexity index is 821. The Labute approximate surface area is 153 Å². The number of hydrogen-bond donors (Lipinski definition) is 2. The fourth-order valence-corrected chi connectivity index (χ4v) is 3.86. The van der Waals surface area contributed by atoms with Gasteiger partial charge in [-0.3, -0.25) is 0 Å². The molecule has 1 aromatic heterocycles. The SMILES string of the molecule is CCC1(c2ccc(COc3ccc(C(=O)O)c(C(=O)O)c3)s2)OCCO1. The third kappa shape index (κ3) is 3.57. The molecular formula is C18H18O7S. The Hall–Kier alpha value is -2.42. The van der Waals surface area contributed by atoms with Crippen LogP contribution in [0.15, 0.2) is 30.3 Å². The van der Waals surface area contributed by atoms with Crippen LogP contribution in [0.4, 0.5) is 0 Å². The zero-order valence-electron chi connectivity index (χ0n) is 14.1. The van der Waals surface area contributed by atoms with Gasteiger partial charge in [0.25, 0.3) is 0 Å². The van der Waals surface area contributed by atoms with E-state index in [0.717, 1.165) is 9.75 Å². The first-order chi connectivity index (χ1) is 12.4. The topological polar surface area (TPSA) is 102 Å². The lowest BCUT2D eigenvalue weighted by atomic mass is 10.1. The van der Waals surface area contributed by atoms with Gasteiger partial charge in [-0.05, 0) is 30.3 Å². The summed E-state index contributed by atoms with van der Waals surface area (Å²) in [7, 11) is 0. The molecule has 8 heteroatoms. The molecule has 0 amide bonds. The van der Waals surface area contributed by atoms with E-state index in [4.69, 9.17) is 24.4 Å². The monoisotopic (exact) mass is 378 g/mol. The Morgan fingerprint density at radius 2 is 1.81 bits per heavy atom. The first-order valence-corrected chi connectivity index (χ1v) is 8.87. The highest BCUT2D eigenvalue weighted by atomic mass is 32.1. The van der Waals surface area contributed by atoms with E-state index < -0.39 is 17.7 Å². The van der Waals surface area contributed by atoms with Crippen LogP contribution in [0.2, 0.25) is 0 Å². The molecule has 0 aliphatic carbocycles. The van der Waals surface area contributed by atoms with Gasteiger partial charge in [-0.25, -0.2) is 9.59 Å². The summed E-state index contributed by atoms with van der Waals surface area (Å²) in [5.74, 6) is -3.01. The second-order valence-corrected chi connectivity index (χ2v) is 6.84. The van der Waals surface area contributed by atoms with Gasteiger partial charge in [-0.2, -0.15) is 0 Å². The van der Waals surface area contributed by atoms with Crippen LogP contribution >= 0.6 is 11.3 Å². The molecule has 3 rings (SSSR count). The Morgan fingerprint density at radius 1 is 1.12 bits per heavy atom. The molecule has 7 nitrogen and oxygen atoms in total. The molecule has 0 atom stereocenters. The number of aromatic carboxylic acids is 2. The van der Waals surface area contributed by atoms with Gasteiger partial charge < -0.3 is 24.4 Å². The minimum Gasteiger partial charge on any atom is -0.488 e. The van der Waals surface area contributed by atoms with Crippen LogP contribution in [0.3, 0.4) is 0 Å². The highest BCUT2D eigenvalue weighted by molar-refractivity contribution is 7.12. The summed E-state index contributed by atoms with van der Waals surface area (Å²) in [5, 5.41) is 18.2. The van der Waals surface area contributed by atoms with Gasteiger partial charge in [0.1, 0.15) is 12.4 Å². The Morgan fingerprint density at radius 3 is 2.42 bits per heavy atom. The molecule has 26 heavy (non-hydrogen) atoms. The summed E-state index contributed by atoms with van der Waals surface area (Å²) in [6.07, 6.45) is 0.701. The molecule has 0 bridgehead atoms. The molecule has 1 aliphatic heterocycles. The van der Waals surface area contributed by atoms with E-state index in [-0.39, 0.29) is 17.7 Å². The second kappa shape index (κ2) is 7.45. The normalized spacial score (nSPS) is 15.7. The first kappa shape index (κ1) is 18.4. The van der Waals surface area contributed by atoms with Gasteiger partial charge in [-0.15, -0.1) is 11.3 Å². The van der Waals surface area contributed by atoms with Crippen molar-refractivity contribution in [1.82, 2.24) is 0 Å². The highest BCUT2D eigenvalue weighted by Gasteiger charge is 2.38. The molecule has 1 aromatic carbocycles. The van der Waals surface area contributed by atoms with Crippen molar-refractivity contribution in [2.75, 3.05) is 13.2 Å². The van der Waals surface area contributed by atoms with Crippen molar-refractivity contribution in [3.05, 3.63) is 51.2 Å². The fraction of sp³-hybridized carbons (Fsp3) is 0.333. The molecule has 0 saturated carbocycles. The van der Waals surface area contributed by atoms with Crippen molar-refractivity contribution in [1.29, 1.82) is 0 Å². The van der Waals surface area contributed by atoms with Crippen molar-refractivity contribution in [2.24, 2.45) is 0 Å². The number of thiophene rings is 1. The summed E-state index contributed by atoms with van der Waals surface area (Å²) in [5.41, 5.74) is -0.580. The van der Waals surface area contributed by atoms with Crippen molar-refractivity contribution in [2.45, 2.75) is 25.7 Å². The van der Waals surface area contributed by atoms with Gasteiger partial charge in [0, 0.05) is 11.3 Å². The summed E-state index contributed by atoms with van der Waals surface area (Å²) < 4.78 is 17.1. The lowest BCUT2D eigenvalue weighted by molar-refractivity contribution is -0.164. The van der Waals surface area contributed by atoms with Crippen LogP contribution < -0.4 is 4.74 Å². The number of carboxylic acids is 2. The van der Waals surface area contributed by atoms with E-state index in [1.807, 2.05) is 19.1 Å². The molecule has 2 aromatic rings. The second-order valence-electron chi connectivity index (χ2n) is 5.68. The molecule has 2 heterocycles. The molecule has 0 spiro atoms. The number of carbonyl (C=O) groups is 2. The van der Waals surface area contributed by atoms with Crippen LogP contribution in [0.1, 0.15) is 43.8 Å². The molecule has 0 radical (unpaired) electrons. The zero-order valence-corrected chi connectivity index (χ0v) is 14.9. The summed E-state index contributed by atoms with van der Waals surface area (Å²) >= 11 is 1.51. The largest absolute Gasteiger partial charge is 0.488 e. The number of ether oxygens (including phenoxy) is 3. The quantitative estimate of drug-likeness (QED) is 0.762. The van der Waals surface area contributed by atoms with Gasteiger partial charge in [-0.1, -0.05) is 6.92 Å². The summed E-state index contributed by atoms with van der Waals surface area (Å²) in [6, 6.07) is 7.74. The van der Waals surface area contributed by atoms with Gasteiger partial charge in [0.2, 0.25) is 5.79 Å². The minimum absolute atomic E-state index is 0.232. The number of hydrogen-bond acceptors (Lipinski definition) is 6. The summed E-state index contributed by atoms with van der Waals surface area (Å²) in [6.45, 7) is 3.35. The van der Waals surface area contributed by atoms with Crippen LogP contribution in [0.5, 0.6) is 5.75 Å². The number of rotatable bonds is 7. The average molecular weight is 378 g/mol. The van der Waals surface area contributed by atoms with Crippen LogP contribution in [0, 0.1) is 0 Å². The minimum atomic E-state index is -1.31. The van der Waals surface area contributed by atoms with Crippen LogP contribution in [-0.2, 0) is 21.9 Å². The van der Waals surface area contributed by atoms with Crippen molar-refractivity contribution >= 4 is 23.3 Å². The van der Waals surface area contributed by atoms with Crippen molar-refractivity contribution in [3.63, 3.8) is 0 Å². The predicted molar refractivity (Wildman–Crippen MR) is 92.9 cm³/mol. The predicted octanol–water partition coefficient (Wildman–Crippen LogP) is 3.33. The smallest absolute Gasteiger partial charge is 0.336 e. The van der Waals surface area contributed by atoms with Gasteiger partial charge in [0.15, 0.2) is 0 Å². The third-order valence-electron chi connectivity index (χ3n) is 4.09. The van der Waals surface area contributed by atoms with E-state index >= 15 is 0 Å². The lowest BCUT2D eigenvalue weighted by Crippen LogP contribution is -2.24. The summed E-state index contributed by atoms with van der Waals surface area (Å²) in [4.78, 5) is 24.2. The number of benzene rings is 1. The molecule has 0 unspecified atom stereocenters. The van der Waals surface area contributed by atoms with E-state index in [9.17, 15) is 9.59 Å². The van der Waals surface area contributed by atoms with Gasteiger partial charge in [0.05, 0.1) is 29.2 Å². The molecular weight excluding hydrogens is 360 g/mol. The first-order valence-electron chi connectivity index (χ1n) is 8.06. The molecule has 2 N–H and O–H groups in total. The number of carboxylic acid groups (broad SMARTS) is 2. The standard InChI is InChI=1S/C18H18O7S/c1-2-18(24-7-8-25-18)15-6-4-12(26-15)10-23-11-3-5-13(16(19)20)14(9-11)17(21)22/h3-6,9H,2,7-8,10H2,1H3,(H,19,20)(H,21,22). The molecule has 1 fully saturated rings. The highest BCUT2D eigenvalue weighted by Crippen LogP contribution is 2.38. The maximum absolute atomic E-state index is 11.2. The molecule has 1 saturated heterocycles. The molecule has 1 aliphatic rings. The Balaban J connectivity index is 1.73. The van der Waals surface area contributed by atoms with E-state index in [0.29, 0.717) is 25.4 Å². The van der Waals surface area contributed by atoms with Crippen LogP contribution in [-0.4, -0.2) is 35.4 Å². The molecule has 138 valence electrons. The lowest BCUT2D eigenvalue weighted by Gasteiger charge is -2.24. The Kier molecular flexibility index (Phi) is 5.26. The fourth-order valence-electron chi connectivity index (χ4n) is 2.77. The van der Waals surface area contributed by atoms with Gasteiger partial charge >= 0.3 is 11.9 Å². The third-order valence-corrected chi connectivity index (χ3v) is 5.27. The van der Waals surface area contributed by atoms with Crippen molar-refractivity contribution < 1.29 is 34.0 Å². The van der Waals surface area contributed by atoms with E-state index in [1.54, 1.807) is 0 Å². The maximum atomic E-state index is 11.2. The van der Waals surface area contributed by atoms with E-state index in [2.05, 4.69) is 0 Å².